The van der Waals surface area contributed by atoms with Crippen LogP contribution in [-0.4, -0.2) is 84.3 Å². The summed E-state index contributed by atoms with van der Waals surface area (Å²) in [6, 6.07) is 3.32. The van der Waals surface area contributed by atoms with Crippen LogP contribution in [-0.2, 0) is 19.5 Å². The number of rotatable bonds is 6. The molecule has 0 aliphatic carbocycles. The van der Waals surface area contributed by atoms with Crippen molar-refractivity contribution in [1.29, 1.82) is 0 Å². The van der Waals surface area contributed by atoms with Crippen molar-refractivity contribution in [2.24, 2.45) is 0 Å². The van der Waals surface area contributed by atoms with Gasteiger partial charge in [-0.25, -0.2) is 12.8 Å². The molecule has 10 heteroatoms. The number of hydrogen-bond acceptors (Lipinski definition) is 5. The average Bonchev–Trinajstić information content (AvgIpc) is 2.69. The average molecular weight is 402 g/mol. The number of morpholine rings is 2. The fourth-order valence-corrected chi connectivity index (χ4v) is 4.57. The summed E-state index contributed by atoms with van der Waals surface area (Å²) in [5, 5.41) is 2.68. The van der Waals surface area contributed by atoms with E-state index in [-0.39, 0.29) is 23.5 Å². The van der Waals surface area contributed by atoms with Crippen LogP contribution in [0, 0.1) is 5.82 Å². The molecule has 2 saturated heterocycles. The first-order valence-electron chi connectivity index (χ1n) is 9.05. The van der Waals surface area contributed by atoms with Crippen molar-refractivity contribution in [3.63, 3.8) is 0 Å². The number of benzene rings is 1. The molecule has 1 aromatic rings. The van der Waals surface area contributed by atoms with E-state index in [1.54, 1.807) is 0 Å². The summed E-state index contributed by atoms with van der Waals surface area (Å²) in [6.45, 7) is 5.34. The topological polar surface area (TPSA) is 89.4 Å². The molecule has 2 aliphatic heterocycles. The molecule has 1 amide bonds. The molecule has 0 spiro atoms. The number of carbonyl (C=O) groups is 1. The number of halogens is 1. The first-order valence-corrected chi connectivity index (χ1v) is 10.5. The summed E-state index contributed by atoms with van der Waals surface area (Å²) in [5.41, 5.74) is -0.263. The third kappa shape index (κ3) is 5.02. The predicted molar refractivity (Wildman–Crippen MR) is 94.7 cm³/mol. The van der Waals surface area contributed by atoms with Gasteiger partial charge in [0, 0.05) is 13.1 Å². The van der Waals surface area contributed by atoms with Gasteiger partial charge in [-0.1, -0.05) is 0 Å². The lowest BCUT2D eigenvalue weighted by atomic mass is 10.2. The monoisotopic (exact) mass is 402 g/mol. The Morgan fingerprint density at radius 1 is 1.15 bits per heavy atom. The second-order valence-corrected chi connectivity index (χ2v) is 8.46. The molecule has 0 atom stereocenters. The first kappa shape index (κ1) is 20.2. The van der Waals surface area contributed by atoms with E-state index in [0.717, 1.165) is 25.2 Å². The Labute approximate surface area is 158 Å². The molecule has 150 valence electrons. The van der Waals surface area contributed by atoms with E-state index in [9.17, 15) is 17.6 Å². The zero-order valence-corrected chi connectivity index (χ0v) is 15.9. The summed E-state index contributed by atoms with van der Waals surface area (Å²) in [6.07, 6.45) is 0. The van der Waals surface area contributed by atoms with Gasteiger partial charge in [-0.2, -0.15) is 4.31 Å². The normalized spacial score (nSPS) is 19.7. The second kappa shape index (κ2) is 9.07. The third-order valence-corrected chi connectivity index (χ3v) is 6.65. The predicted octanol–water partition coefficient (Wildman–Crippen LogP) is -1.51. The Balaban J connectivity index is 1.66. The summed E-state index contributed by atoms with van der Waals surface area (Å²) >= 11 is 0. The van der Waals surface area contributed by atoms with Crippen molar-refractivity contribution in [3.8, 4) is 0 Å². The van der Waals surface area contributed by atoms with Gasteiger partial charge in [-0.15, -0.1) is 0 Å². The van der Waals surface area contributed by atoms with Gasteiger partial charge in [0.25, 0.3) is 5.91 Å². The maximum absolute atomic E-state index is 14.1. The van der Waals surface area contributed by atoms with Crippen molar-refractivity contribution in [2.75, 3.05) is 65.7 Å². The number of amides is 1. The number of ether oxygens (including phenoxy) is 2. The molecule has 2 fully saturated rings. The molecule has 0 unspecified atom stereocenters. The lowest BCUT2D eigenvalue weighted by Crippen LogP contribution is -3.14. The fraction of sp³-hybridized carbons (Fsp3) is 0.588. The molecule has 0 aromatic heterocycles. The maximum Gasteiger partial charge on any atom is 0.254 e. The van der Waals surface area contributed by atoms with Gasteiger partial charge in [0.15, 0.2) is 0 Å². The Kier molecular flexibility index (Phi) is 6.77. The minimum Gasteiger partial charge on any atom is -0.379 e. The molecule has 0 radical (unpaired) electrons. The van der Waals surface area contributed by atoms with E-state index < -0.39 is 21.7 Å². The second-order valence-electron chi connectivity index (χ2n) is 6.53. The van der Waals surface area contributed by atoms with Gasteiger partial charge in [0.2, 0.25) is 10.0 Å². The van der Waals surface area contributed by atoms with Gasteiger partial charge in [0.1, 0.15) is 18.9 Å². The molecule has 8 nitrogen and oxygen atoms in total. The molecule has 2 aliphatic rings. The van der Waals surface area contributed by atoms with Crippen LogP contribution in [0.1, 0.15) is 10.4 Å². The zero-order valence-electron chi connectivity index (χ0n) is 15.1. The van der Waals surface area contributed by atoms with Gasteiger partial charge in [-0.05, 0) is 18.2 Å². The lowest BCUT2D eigenvalue weighted by Gasteiger charge is -2.26. The highest BCUT2D eigenvalue weighted by atomic mass is 32.2. The standard InChI is InChI=1S/C17H24FN3O5S/c18-16-2-1-14(27(23,24)21-7-11-26-12-8-21)13-15(16)17(22)19-3-4-20-5-9-25-10-6-20/h1-2,13H,3-12H2,(H,19,22)/p+1. The number of nitrogens with zero attached hydrogens (tertiary/aromatic N) is 1. The molecule has 3 rings (SSSR count). The Bertz CT molecular complexity index is 762. The number of nitrogens with one attached hydrogen (secondary N) is 2. The Morgan fingerprint density at radius 3 is 2.52 bits per heavy atom. The molecule has 1 aromatic carbocycles. The minimum atomic E-state index is -3.78. The summed E-state index contributed by atoms with van der Waals surface area (Å²) in [4.78, 5) is 13.6. The highest BCUT2D eigenvalue weighted by Gasteiger charge is 2.28. The Hall–Kier alpha value is -1.59. The quantitative estimate of drug-likeness (QED) is 0.604. The summed E-state index contributed by atoms with van der Waals surface area (Å²) in [5.74, 6) is -1.36. The number of carbonyl (C=O) groups excluding carboxylic acids is 1. The Morgan fingerprint density at radius 2 is 1.81 bits per heavy atom. The van der Waals surface area contributed by atoms with E-state index in [2.05, 4.69) is 5.32 Å². The smallest absolute Gasteiger partial charge is 0.254 e. The van der Waals surface area contributed by atoms with Crippen molar-refractivity contribution in [3.05, 3.63) is 29.6 Å². The van der Waals surface area contributed by atoms with Crippen LogP contribution in [0.2, 0.25) is 0 Å². The largest absolute Gasteiger partial charge is 0.379 e. The van der Waals surface area contributed by atoms with E-state index >= 15 is 0 Å². The molecule has 2 N–H and O–H groups in total. The molecule has 2 heterocycles. The van der Waals surface area contributed by atoms with Crippen LogP contribution >= 0.6 is 0 Å². The SMILES string of the molecule is O=C(NCC[NH+]1CCOCC1)c1cc(S(=O)(=O)N2CCOCC2)ccc1F. The van der Waals surface area contributed by atoms with Crippen LogP contribution in [0.5, 0.6) is 0 Å². The number of sulfonamides is 1. The van der Waals surface area contributed by atoms with Crippen molar-refractivity contribution in [1.82, 2.24) is 9.62 Å². The zero-order chi connectivity index (χ0) is 19.3. The van der Waals surface area contributed by atoms with Crippen molar-refractivity contribution >= 4 is 15.9 Å². The van der Waals surface area contributed by atoms with Gasteiger partial charge in [0.05, 0.1) is 50.0 Å². The van der Waals surface area contributed by atoms with E-state index in [4.69, 9.17) is 9.47 Å². The van der Waals surface area contributed by atoms with Gasteiger partial charge < -0.3 is 19.7 Å². The molecule has 0 bridgehead atoms. The summed E-state index contributed by atoms with van der Waals surface area (Å²) in [7, 11) is -3.78. The highest BCUT2D eigenvalue weighted by molar-refractivity contribution is 7.89. The fourth-order valence-electron chi connectivity index (χ4n) is 3.13. The third-order valence-electron chi connectivity index (χ3n) is 4.75. The highest BCUT2D eigenvalue weighted by Crippen LogP contribution is 2.20. The van der Waals surface area contributed by atoms with Crippen molar-refractivity contribution < 1.29 is 32.0 Å². The van der Waals surface area contributed by atoms with Gasteiger partial charge in [-0.3, -0.25) is 4.79 Å². The minimum absolute atomic E-state index is 0.0882. The lowest BCUT2D eigenvalue weighted by molar-refractivity contribution is -0.906. The molecule has 0 saturated carbocycles. The molecular weight excluding hydrogens is 377 g/mol. The van der Waals surface area contributed by atoms with Crippen LogP contribution in [0.4, 0.5) is 4.39 Å². The van der Waals surface area contributed by atoms with E-state index in [0.29, 0.717) is 39.5 Å². The van der Waals surface area contributed by atoms with Crippen LogP contribution < -0.4 is 10.2 Å². The van der Waals surface area contributed by atoms with Crippen LogP contribution in [0.25, 0.3) is 0 Å². The van der Waals surface area contributed by atoms with E-state index in [1.165, 1.54) is 15.3 Å². The summed E-state index contributed by atoms with van der Waals surface area (Å²) < 4.78 is 51.2. The molecule has 27 heavy (non-hydrogen) atoms. The van der Waals surface area contributed by atoms with Crippen LogP contribution in [0.3, 0.4) is 0 Å². The number of quaternary nitrogens is 1. The van der Waals surface area contributed by atoms with Crippen molar-refractivity contribution in [2.45, 2.75) is 4.90 Å². The van der Waals surface area contributed by atoms with E-state index in [1.807, 2.05) is 0 Å². The first-order chi connectivity index (χ1) is 13.0. The number of hydrogen-bond donors (Lipinski definition) is 2. The van der Waals surface area contributed by atoms with Crippen LogP contribution in [0.15, 0.2) is 23.1 Å². The van der Waals surface area contributed by atoms with Gasteiger partial charge >= 0.3 is 0 Å². The molecular formula is C17H25FN3O5S+. The maximum atomic E-state index is 14.1.